The average molecular weight is 348 g/mol. The van der Waals surface area contributed by atoms with Crippen molar-refractivity contribution in [1.82, 2.24) is 4.90 Å². The lowest BCUT2D eigenvalue weighted by Crippen LogP contribution is -2.33. The lowest BCUT2D eigenvalue weighted by atomic mass is 10.0. The number of benzene rings is 2. The summed E-state index contributed by atoms with van der Waals surface area (Å²) in [6.45, 7) is 2.59. The highest BCUT2D eigenvalue weighted by atomic mass is 16.5. The monoisotopic (exact) mass is 348 g/mol. The Balaban J connectivity index is 1.76. The molecule has 0 N–H and O–H groups in total. The van der Waals surface area contributed by atoms with Gasteiger partial charge in [0.25, 0.3) is 5.91 Å². The van der Waals surface area contributed by atoms with Crippen molar-refractivity contribution in [3.63, 3.8) is 0 Å². The van der Waals surface area contributed by atoms with Crippen molar-refractivity contribution in [2.75, 3.05) is 31.2 Å². The summed E-state index contributed by atoms with van der Waals surface area (Å²) in [6, 6.07) is 18.2. The molecule has 2 aromatic carbocycles. The van der Waals surface area contributed by atoms with E-state index in [0.717, 1.165) is 11.3 Å². The van der Waals surface area contributed by atoms with E-state index in [2.05, 4.69) is 0 Å². The van der Waals surface area contributed by atoms with E-state index >= 15 is 0 Å². The molecule has 0 saturated carbocycles. The molecule has 2 saturated heterocycles. The topological polar surface area (TPSA) is 49.9 Å². The third kappa shape index (κ3) is 3.02. The number of amides is 1. The molecule has 2 aliphatic heterocycles. The number of ketones is 1. The third-order valence-electron chi connectivity index (χ3n) is 4.73. The first-order valence-electron chi connectivity index (χ1n) is 8.77. The van der Waals surface area contributed by atoms with Gasteiger partial charge in [0.05, 0.1) is 13.2 Å². The van der Waals surface area contributed by atoms with Gasteiger partial charge in [-0.25, -0.2) is 0 Å². The molecule has 2 heterocycles. The van der Waals surface area contributed by atoms with E-state index < -0.39 is 6.04 Å². The molecule has 0 spiro atoms. The minimum absolute atomic E-state index is 0.156. The number of carbonyl (C=O) groups is 2. The van der Waals surface area contributed by atoms with E-state index in [1.165, 1.54) is 0 Å². The standard InChI is InChI=1S/C21H20N2O3/c24-20-18(15-22-11-13-26-14-12-22)21(25)23(17-9-5-2-6-10-17)19(20)16-7-3-1-4-8-16/h1-10,15,19H,11-14H2/b18-15-. The normalized spacial score (nSPS) is 22.3. The maximum absolute atomic E-state index is 13.2. The van der Waals surface area contributed by atoms with Crippen LogP contribution >= 0.6 is 0 Å². The van der Waals surface area contributed by atoms with Crippen LogP contribution in [0, 0.1) is 0 Å². The molecule has 5 nitrogen and oxygen atoms in total. The Kier molecular flexibility index (Phi) is 4.54. The largest absolute Gasteiger partial charge is 0.378 e. The number of para-hydroxylation sites is 1. The van der Waals surface area contributed by atoms with Crippen LogP contribution in [0.25, 0.3) is 0 Å². The van der Waals surface area contributed by atoms with Crippen LogP contribution in [0.5, 0.6) is 0 Å². The summed E-state index contributed by atoms with van der Waals surface area (Å²) in [6.07, 6.45) is 1.71. The molecule has 5 heteroatoms. The molecule has 26 heavy (non-hydrogen) atoms. The first-order valence-corrected chi connectivity index (χ1v) is 8.77. The number of rotatable bonds is 3. The van der Waals surface area contributed by atoms with Crippen molar-refractivity contribution >= 4 is 17.4 Å². The molecule has 0 bridgehead atoms. The van der Waals surface area contributed by atoms with E-state index in [4.69, 9.17) is 4.74 Å². The number of morpholine rings is 1. The van der Waals surface area contributed by atoms with Crippen molar-refractivity contribution < 1.29 is 14.3 Å². The Morgan fingerprint density at radius 2 is 1.50 bits per heavy atom. The number of hydrogen-bond acceptors (Lipinski definition) is 4. The maximum Gasteiger partial charge on any atom is 0.264 e. The molecule has 1 amide bonds. The van der Waals surface area contributed by atoms with Crippen molar-refractivity contribution in [3.05, 3.63) is 78.0 Å². The van der Waals surface area contributed by atoms with E-state index in [9.17, 15) is 9.59 Å². The molecule has 132 valence electrons. The van der Waals surface area contributed by atoms with E-state index in [-0.39, 0.29) is 17.3 Å². The summed E-state index contributed by atoms with van der Waals surface area (Å²) < 4.78 is 5.35. The molecule has 2 aliphatic rings. The third-order valence-corrected chi connectivity index (χ3v) is 4.73. The first-order chi connectivity index (χ1) is 12.8. The summed E-state index contributed by atoms with van der Waals surface area (Å²) >= 11 is 0. The molecule has 2 fully saturated rings. The van der Waals surface area contributed by atoms with Gasteiger partial charge in [0.1, 0.15) is 11.6 Å². The van der Waals surface area contributed by atoms with Gasteiger partial charge in [-0.2, -0.15) is 0 Å². The van der Waals surface area contributed by atoms with Crippen LogP contribution in [0.4, 0.5) is 5.69 Å². The highest BCUT2D eigenvalue weighted by Crippen LogP contribution is 2.37. The van der Waals surface area contributed by atoms with Crippen molar-refractivity contribution in [2.45, 2.75) is 6.04 Å². The van der Waals surface area contributed by atoms with Crippen LogP contribution < -0.4 is 4.90 Å². The molecular formula is C21H20N2O3. The molecule has 1 atom stereocenters. The fourth-order valence-corrected chi connectivity index (χ4v) is 3.42. The maximum atomic E-state index is 13.2. The summed E-state index contributed by atoms with van der Waals surface area (Å²) in [5.74, 6) is -0.405. The zero-order valence-corrected chi connectivity index (χ0v) is 14.4. The SMILES string of the molecule is O=C1/C(=C/N2CCOCC2)C(=O)N(c2ccccc2)C1c1ccccc1. The van der Waals surface area contributed by atoms with Gasteiger partial charge in [-0.1, -0.05) is 48.5 Å². The molecule has 0 radical (unpaired) electrons. The van der Waals surface area contributed by atoms with Gasteiger partial charge in [-0.05, 0) is 17.7 Å². The van der Waals surface area contributed by atoms with E-state index in [1.807, 2.05) is 65.6 Å². The number of ether oxygens (including phenoxy) is 1. The summed E-state index contributed by atoms with van der Waals surface area (Å²) in [5, 5.41) is 0. The van der Waals surface area contributed by atoms with Crippen LogP contribution in [-0.2, 0) is 14.3 Å². The Labute approximate surface area is 152 Å². The quantitative estimate of drug-likeness (QED) is 0.632. The predicted molar refractivity (Wildman–Crippen MR) is 98.6 cm³/mol. The zero-order valence-electron chi connectivity index (χ0n) is 14.4. The number of nitrogens with zero attached hydrogens (tertiary/aromatic N) is 2. The Morgan fingerprint density at radius 3 is 2.15 bits per heavy atom. The van der Waals surface area contributed by atoms with Gasteiger partial charge in [-0.15, -0.1) is 0 Å². The molecule has 1 unspecified atom stereocenters. The minimum Gasteiger partial charge on any atom is -0.378 e. The van der Waals surface area contributed by atoms with Gasteiger partial charge in [0.15, 0.2) is 5.78 Å². The second-order valence-corrected chi connectivity index (χ2v) is 6.38. The Bertz CT molecular complexity index is 767. The Morgan fingerprint density at radius 1 is 0.885 bits per heavy atom. The fraction of sp³-hybridized carbons (Fsp3) is 0.238. The summed E-state index contributed by atoms with van der Waals surface area (Å²) in [4.78, 5) is 29.9. The summed E-state index contributed by atoms with van der Waals surface area (Å²) in [7, 11) is 0. The van der Waals surface area contributed by atoms with Crippen LogP contribution in [0.3, 0.4) is 0 Å². The number of carbonyl (C=O) groups excluding carboxylic acids is 2. The highest BCUT2D eigenvalue weighted by Gasteiger charge is 2.45. The molecule has 0 aliphatic carbocycles. The fourth-order valence-electron chi connectivity index (χ4n) is 3.42. The molecule has 0 aromatic heterocycles. The van der Waals surface area contributed by atoms with Crippen molar-refractivity contribution in [3.8, 4) is 0 Å². The van der Waals surface area contributed by atoms with Gasteiger partial charge >= 0.3 is 0 Å². The number of hydrogen-bond donors (Lipinski definition) is 0. The van der Waals surface area contributed by atoms with Crippen LogP contribution in [-0.4, -0.2) is 42.9 Å². The smallest absolute Gasteiger partial charge is 0.264 e. The minimum atomic E-state index is -0.626. The number of Topliss-reactive ketones (excluding diaryl/α,β-unsaturated/α-hetero) is 1. The Hall–Kier alpha value is -2.92. The second-order valence-electron chi connectivity index (χ2n) is 6.38. The van der Waals surface area contributed by atoms with Crippen LogP contribution in [0.1, 0.15) is 11.6 Å². The lowest BCUT2D eigenvalue weighted by Gasteiger charge is -2.25. The molecule has 2 aromatic rings. The highest BCUT2D eigenvalue weighted by molar-refractivity contribution is 6.33. The van der Waals surface area contributed by atoms with E-state index in [0.29, 0.717) is 26.3 Å². The van der Waals surface area contributed by atoms with Crippen LogP contribution in [0.2, 0.25) is 0 Å². The average Bonchev–Trinajstić information content (AvgIpc) is 2.95. The lowest BCUT2D eigenvalue weighted by molar-refractivity contribution is -0.117. The van der Waals surface area contributed by atoms with Crippen LogP contribution in [0.15, 0.2) is 72.4 Å². The number of anilines is 1. The molecular weight excluding hydrogens is 328 g/mol. The van der Waals surface area contributed by atoms with Gasteiger partial charge < -0.3 is 9.64 Å². The van der Waals surface area contributed by atoms with Crippen molar-refractivity contribution in [1.29, 1.82) is 0 Å². The summed E-state index contributed by atoms with van der Waals surface area (Å²) in [5.41, 5.74) is 1.79. The van der Waals surface area contributed by atoms with Gasteiger partial charge in [0, 0.05) is 25.0 Å². The van der Waals surface area contributed by atoms with E-state index in [1.54, 1.807) is 11.1 Å². The van der Waals surface area contributed by atoms with Gasteiger partial charge in [0.2, 0.25) is 0 Å². The second kappa shape index (κ2) is 7.14. The van der Waals surface area contributed by atoms with Crippen molar-refractivity contribution in [2.24, 2.45) is 0 Å². The zero-order chi connectivity index (χ0) is 17.9. The van der Waals surface area contributed by atoms with Gasteiger partial charge in [-0.3, -0.25) is 14.5 Å². The molecule has 4 rings (SSSR count). The predicted octanol–water partition coefficient (Wildman–Crippen LogP) is 2.56. The first kappa shape index (κ1) is 16.5.